The third-order valence-corrected chi connectivity index (χ3v) is 6.91. The van der Waals surface area contributed by atoms with Crippen molar-refractivity contribution in [1.82, 2.24) is 9.88 Å². The van der Waals surface area contributed by atoms with Crippen molar-refractivity contribution in [1.29, 1.82) is 0 Å². The normalized spacial score (nSPS) is 20.6. The molecule has 7 heteroatoms. The van der Waals surface area contributed by atoms with Crippen LogP contribution in [0.4, 0.5) is 5.69 Å². The second-order valence-corrected chi connectivity index (χ2v) is 9.45. The smallest absolute Gasteiger partial charge is 0.224 e. The minimum atomic E-state index is -0.0128. The maximum absolute atomic E-state index is 11.7. The number of benzene rings is 2. The Hall–Kier alpha value is -3.32. The molecule has 0 saturated carbocycles. The minimum absolute atomic E-state index is 0.0128. The van der Waals surface area contributed by atoms with E-state index in [4.69, 9.17) is 14.2 Å². The number of aromatic nitrogens is 1. The van der Waals surface area contributed by atoms with Crippen molar-refractivity contribution >= 4 is 22.5 Å². The van der Waals surface area contributed by atoms with Gasteiger partial charge < -0.3 is 19.5 Å². The Balaban J connectivity index is 1.05. The standard InChI is InChI=1S/C27H29N3O4/c1-17-2-6-22-23(28-17)7-8-25-27(22)34-21(16-32-25)15-30-12-10-19(11-13-30)33-20-5-3-18-4-9-26(31)29-24(18)14-20/h2-3,5-8,14,19,21H,4,9-13,15-16H2,1H3,(H,29,31)/t21-/m0/s1. The Kier molecular flexibility index (Phi) is 5.49. The van der Waals surface area contributed by atoms with Gasteiger partial charge in [0.05, 0.1) is 5.52 Å². The maximum atomic E-state index is 11.7. The third kappa shape index (κ3) is 4.28. The van der Waals surface area contributed by atoms with Gasteiger partial charge in [0.1, 0.15) is 24.6 Å². The van der Waals surface area contributed by atoms with Crippen molar-refractivity contribution in [3.8, 4) is 17.2 Å². The van der Waals surface area contributed by atoms with Crippen LogP contribution in [0.5, 0.6) is 17.2 Å². The van der Waals surface area contributed by atoms with E-state index in [1.165, 1.54) is 5.56 Å². The van der Waals surface area contributed by atoms with Gasteiger partial charge in [0, 0.05) is 48.9 Å². The lowest BCUT2D eigenvalue weighted by Crippen LogP contribution is -2.45. The number of nitrogens with one attached hydrogen (secondary N) is 1. The largest absolute Gasteiger partial charge is 0.490 e. The molecule has 6 rings (SSSR count). The molecule has 0 unspecified atom stereocenters. The van der Waals surface area contributed by atoms with Crippen molar-refractivity contribution in [2.75, 3.05) is 31.6 Å². The van der Waals surface area contributed by atoms with Crippen LogP contribution < -0.4 is 19.5 Å². The minimum Gasteiger partial charge on any atom is -0.490 e. The Bertz CT molecular complexity index is 1240. The first-order valence-corrected chi connectivity index (χ1v) is 12.1. The van der Waals surface area contributed by atoms with Crippen molar-refractivity contribution in [2.45, 2.75) is 44.8 Å². The molecule has 1 aromatic heterocycles. The van der Waals surface area contributed by atoms with Gasteiger partial charge in [0.2, 0.25) is 5.91 Å². The SMILES string of the molecule is Cc1ccc2c3c(ccc2n1)OC[C@H](CN1CCC(Oc2ccc4c(c2)NC(=O)CC4)CC1)O3. The molecule has 7 nitrogen and oxygen atoms in total. The number of carbonyl (C=O) groups is 1. The van der Waals surface area contributed by atoms with Gasteiger partial charge in [0.25, 0.3) is 0 Å². The number of hydrogen-bond acceptors (Lipinski definition) is 6. The molecule has 1 amide bonds. The van der Waals surface area contributed by atoms with Gasteiger partial charge in [0.15, 0.2) is 11.5 Å². The summed E-state index contributed by atoms with van der Waals surface area (Å²) < 4.78 is 18.7. The highest BCUT2D eigenvalue weighted by Crippen LogP contribution is 2.38. The van der Waals surface area contributed by atoms with E-state index in [0.29, 0.717) is 13.0 Å². The lowest BCUT2D eigenvalue weighted by Gasteiger charge is -2.36. The second-order valence-electron chi connectivity index (χ2n) is 9.45. The van der Waals surface area contributed by atoms with E-state index in [1.807, 2.05) is 37.3 Å². The Morgan fingerprint density at radius 1 is 1.12 bits per heavy atom. The van der Waals surface area contributed by atoms with Crippen LogP contribution in [-0.2, 0) is 11.2 Å². The number of hydrogen-bond donors (Lipinski definition) is 1. The van der Waals surface area contributed by atoms with Crippen LogP contribution in [0.15, 0.2) is 42.5 Å². The molecule has 176 valence electrons. The summed E-state index contributed by atoms with van der Waals surface area (Å²) in [5.41, 5.74) is 3.99. The molecule has 0 bridgehead atoms. The van der Waals surface area contributed by atoms with Crippen molar-refractivity contribution in [3.05, 3.63) is 53.7 Å². The molecule has 0 spiro atoms. The molecular formula is C27H29N3O4. The van der Waals surface area contributed by atoms with Crippen LogP contribution >= 0.6 is 0 Å². The van der Waals surface area contributed by atoms with Crippen LogP contribution in [0.3, 0.4) is 0 Å². The van der Waals surface area contributed by atoms with Gasteiger partial charge in [-0.05, 0) is 62.1 Å². The van der Waals surface area contributed by atoms with E-state index in [-0.39, 0.29) is 18.1 Å². The highest BCUT2D eigenvalue weighted by atomic mass is 16.6. The lowest BCUT2D eigenvalue weighted by molar-refractivity contribution is -0.116. The quantitative estimate of drug-likeness (QED) is 0.633. The zero-order valence-electron chi connectivity index (χ0n) is 19.4. The summed E-state index contributed by atoms with van der Waals surface area (Å²) in [7, 11) is 0. The van der Waals surface area contributed by atoms with Gasteiger partial charge in [-0.25, -0.2) is 0 Å². The second kappa shape index (κ2) is 8.80. The molecule has 34 heavy (non-hydrogen) atoms. The molecule has 1 saturated heterocycles. The molecule has 1 fully saturated rings. The number of anilines is 1. The van der Waals surface area contributed by atoms with Gasteiger partial charge >= 0.3 is 0 Å². The number of amides is 1. The zero-order valence-corrected chi connectivity index (χ0v) is 19.4. The molecule has 1 atom stereocenters. The molecular weight excluding hydrogens is 430 g/mol. The van der Waals surface area contributed by atoms with Gasteiger partial charge in [-0.15, -0.1) is 0 Å². The van der Waals surface area contributed by atoms with E-state index in [0.717, 1.165) is 78.4 Å². The number of fused-ring (bicyclic) bond motifs is 4. The van der Waals surface area contributed by atoms with Crippen molar-refractivity contribution < 1.29 is 19.0 Å². The molecule has 0 radical (unpaired) electrons. The summed E-state index contributed by atoms with van der Waals surface area (Å²) in [5.74, 6) is 2.51. The maximum Gasteiger partial charge on any atom is 0.224 e. The fourth-order valence-corrected chi connectivity index (χ4v) is 5.08. The average molecular weight is 460 g/mol. The van der Waals surface area contributed by atoms with E-state index >= 15 is 0 Å². The topological polar surface area (TPSA) is 72.9 Å². The number of rotatable bonds is 4. The Labute approximate surface area is 199 Å². The van der Waals surface area contributed by atoms with E-state index in [2.05, 4.69) is 27.3 Å². The first kappa shape index (κ1) is 21.2. The number of nitrogens with zero attached hydrogens (tertiary/aromatic N) is 2. The highest BCUT2D eigenvalue weighted by Gasteiger charge is 2.28. The van der Waals surface area contributed by atoms with Crippen molar-refractivity contribution in [2.24, 2.45) is 0 Å². The summed E-state index contributed by atoms with van der Waals surface area (Å²) in [6.07, 6.45) is 3.43. The van der Waals surface area contributed by atoms with Crippen LogP contribution in [0, 0.1) is 6.92 Å². The number of pyridine rings is 1. The van der Waals surface area contributed by atoms with Gasteiger partial charge in [-0.3, -0.25) is 14.7 Å². The summed E-state index contributed by atoms with van der Waals surface area (Å²) >= 11 is 0. The first-order chi connectivity index (χ1) is 16.6. The summed E-state index contributed by atoms with van der Waals surface area (Å²) in [6, 6.07) is 14.1. The number of likely N-dealkylation sites (tertiary alicyclic amines) is 1. The van der Waals surface area contributed by atoms with E-state index < -0.39 is 0 Å². The van der Waals surface area contributed by atoms with Crippen molar-refractivity contribution in [3.63, 3.8) is 0 Å². The third-order valence-electron chi connectivity index (χ3n) is 6.91. The first-order valence-electron chi connectivity index (χ1n) is 12.1. The monoisotopic (exact) mass is 459 g/mol. The Morgan fingerprint density at radius 3 is 2.88 bits per heavy atom. The molecule has 0 aliphatic carbocycles. The van der Waals surface area contributed by atoms with E-state index in [9.17, 15) is 4.79 Å². The molecule has 1 N–H and O–H groups in total. The zero-order chi connectivity index (χ0) is 23.1. The highest BCUT2D eigenvalue weighted by molar-refractivity contribution is 5.94. The lowest BCUT2D eigenvalue weighted by atomic mass is 10.0. The summed E-state index contributed by atoms with van der Waals surface area (Å²) in [6.45, 7) is 5.28. The fraction of sp³-hybridized carbons (Fsp3) is 0.407. The van der Waals surface area contributed by atoms with Gasteiger partial charge in [-0.1, -0.05) is 6.07 Å². The average Bonchev–Trinajstić information content (AvgIpc) is 2.84. The van der Waals surface area contributed by atoms with Crippen LogP contribution in [0.1, 0.15) is 30.5 Å². The number of ether oxygens (including phenoxy) is 3. The molecule has 3 aromatic rings. The van der Waals surface area contributed by atoms with Crippen LogP contribution in [-0.4, -0.2) is 54.2 Å². The van der Waals surface area contributed by atoms with Gasteiger partial charge in [-0.2, -0.15) is 0 Å². The summed E-state index contributed by atoms with van der Waals surface area (Å²) in [4.78, 5) is 18.7. The molecule has 3 aliphatic rings. The predicted molar refractivity (Wildman–Crippen MR) is 130 cm³/mol. The van der Waals surface area contributed by atoms with Crippen LogP contribution in [0.25, 0.3) is 10.9 Å². The molecule has 4 heterocycles. The summed E-state index contributed by atoms with van der Waals surface area (Å²) in [5, 5.41) is 3.96. The van der Waals surface area contributed by atoms with Crippen LogP contribution in [0.2, 0.25) is 0 Å². The molecule has 2 aromatic carbocycles. The fourth-order valence-electron chi connectivity index (χ4n) is 5.08. The predicted octanol–water partition coefficient (Wildman–Crippen LogP) is 4.11. The van der Waals surface area contributed by atoms with E-state index in [1.54, 1.807) is 0 Å². The number of piperidine rings is 1. The molecule has 3 aliphatic heterocycles. The number of carbonyl (C=O) groups excluding carboxylic acids is 1. The number of aryl methyl sites for hydroxylation is 2. The Morgan fingerprint density at radius 2 is 2.00 bits per heavy atom.